The van der Waals surface area contributed by atoms with E-state index in [0.717, 1.165) is 6.42 Å². The van der Waals surface area contributed by atoms with Gasteiger partial charge < -0.3 is 15.2 Å². The second kappa shape index (κ2) is 5.71. The molecule has 0 saturated heterocycles. The number of halogens is 1. The Morgan fingerprint density at radius 3 is 2.65 bits per heavy atom. The molecule has 2 N–H and O–H groups in total. The standard InChI is InChI=1S/C14H16ClNO4/c1-9(20-11-5-2-4-10(15)8-11)12(17)16-14(13(18)19)6-3-7-14/h2,4-5,8-9H,3,6-7H2,1H3,(H,16,17)(H,18,19)/t9-/m0/s1. The van der Waals surface area contributed by atoms with E-state index in [1.54, 1.807) is 31.2 Å². The number of amides is 1. The van der Waals surface area contributed by atoms with Crippen LogP contribution in [0.15, 0.2) is 24.3 Å². The summed E-state index contributed by atoms with van der Waals surface area (Å²) in [4.78, 5) is 23.2. The predicted molar refractivity (Wildman–Crippen MR) is 73.9 cm³/mol. The lowest BCUT2D eigenvalue weighted by Crippen LogP contribution is -2.61. The zero-order chi connectivity index (χ0) is 14.8. The first kappa shape index (κ1) is 14.7. The van der Waals surface area contributed by atoms with Gasteiger partial charge in [0.2, 0.25) is 0 Å². The van der Waals surface area contributed by atoms with Crippen LogP contribution < -0.4 is 10.1 Å². The molecule has 0 heterocycles. The molecule has 0 spiro atoms. The minimum atomic E-state index is -1.12. The third-order valence-corrected chi connectivity index (χ3v) is 3.69. The molecule has 0 radical (unpaired) electrons. The molecule has 1 fully saturated rings. The molecule has 20 heavy (non-hydrogen) atoms. The molecule has 1 atom stereocenters. The van der Waals surface area contributed by atoms with Gasteiger partial charge in [0.25, 0.3) is 5.91 Å². The van der Waals surface area contributed by atoms with Crippen molar-refractivity contribution >= 4 is 23.5 Å². The van der Waals surface area contributed by atoms with Crippen LogP contribution in [0.3, 0.4) is 0 Å². The van der Waals surface area contributed by atoms with Gasteiger partial charge in [-0.25, -0.2) is 4.79 Å². The van der Waals surface area contributed by atoms with Crippen LogP contribution in [0, 0.1) is 0 Å². The van der Waals surface area contributed by atoms with Crippen molar-refractivity contribution < 1.29 is 19.4 Å². The maximum absolute atomic E-state index is 12.0. The largest absolute Gasteiger partial charge is 0.481 e. The van der Waals surface area contributed by atoms with Crippen LogP contribution in [0.25, 0.3) is 0 Å². The molecule has 5 nitrogen and oxygen atoms in total. The smallest absolute Gasteiger partial charge is 0.329 e. The Hall–Kier alpha value is -1.75. The van der Waals surface area contributed by atoms with Crippen molar-refractivity contribution in [3.05, 3.63) is 29.3 Å². The summed E-state index contributed by atoms with van der Waals surface area (Å²) < 4.78 is 5.46. The first-order chi connectivity index (χ1) is 9.43. The summed E-state index contributed by atoms with van der Waals surface area (Å²) >= 11 is 5.83. The molecule has 0 unspecified atom stereocenters. The highest BCUT2D eigenvalue weighted by atomic mass is 35.5. The van der Waals surface area contributed by atoms with Gasteiger partial charge in [-0.05, 0) is 44.4 Å². The number of hydrogen-bond acceptors (Lipinski definition) is 3. The number of rotatable bonds is 5. The predicted octanol–water partition coefficient (Wildman–Crippen LogP) is 2.23. The van der Waals surface area contributed by atoms with Crippen molar-refractivity contribution in [2.75, 3.05) is 0 Å². The van der Waals surface area contributed by atoms with Crippen LogP contribution in [0.1, 0.15) is 26.2 Å². The number of carbonyl (C=O) groups excluding carboxylic acids is 1. The summed E-state index contributed by atoms with van der Waals surface area (Å²) in [5.74, 6) is -0.961. The Kier molecular flexibility index (Phi) is 4.18. The van der Waals surface area contributed by atoms with Gasteiger partial charge in [0.1, 0.15) is 11.3 Å². The van der Waals surface area contributed by atoms with Gasteiger partial charge in [-0.15, -0.1) is 0 Å². The molecule has 1 aromatic rings. The molecule has 2 rings (SSSR count). The maximum Gasteiger partial charge on any atom is 0.329 e. The molecule has 0 aliphatic heterocycles. The van der Waals surface area contributed by atoms with Crippen LogP contribution in [-0.4, -0.2) is 28.6 Å². The lowest BCUT2D eigenvalue weighted by atomic mass is 9.76. The van der Waals surface area contributed by atoms with E-state index in [0.29, 0.717) is 23.6 Å². The number of nitrogens with one attached hydrogen (secondary N) is 1. The number of hydrogen-bond donors (Lipinski definition) is 2. The Labute approximate surface area is 121 Å². The topological polar surface area (TPSA) is 75.6 Å². The van der Waals surface area contributed by atoms with E-state index in [2.05, 4.69) is 5.32 Å². The van der Waals surface area contributed by atoms with E-state index < -0.39 is 23.5 Å². The normalized spacial score (nSPS) is 17.7. The summed E-state index contributed by atoms with van der Waals surface area (Å²) in [5.41, 5.74) is -1.12. The van der Waals surface area contributed by atoms with E-state index in [-0.39, 0.29) is 0 Å². The monoisotopic (exact) mass is 297 g/mol. The first-order valence-electron chi connectivity index (χ1n) is 6.41. The van der Waals surface area contributed by atoms with E-state index in [4.69, 9.17) is 21.4 Å². The highest BCUT2D eigenvalue weighted by Gasteiger charge is 2.46. The minimum Gasteiger partial charge on any atom is -0.481 e. The van der Waals surface area contributed by atoms with Gasteiger partial charge in [0, 0.05) is 5.02 Å². The van der Waals surface area contributed by atoms with Gasteiger partial charge in [-0.3, -0.25) is 4.79 Å². The fourth-order valence-electron chi connectivity index (χ4n) is 2.06. The third kappa shape index (κ3) is 3.04. The first-order valence-corrected chi connectivity index (χ1v) is 6.78. The van der Waals surface area contributed by atoms with Crippen molar-refractivity contribution in [3.63, 3.8) is 0 Å². The number of carboxylic acids is 1. The molecule has 108 valence electrons. The van der Waals surface area contributed by atoms with Crippen LogP contribution >= 0.6 is 11.6 Å². The summed E-state index contributed by atoms with van der Waals surface area (Å²) in [7, 11) is 0. The Balaban J connectivity index is 1.97. The minimum absolute atomic E-state index is 0.438. The Morgan fingerprint density at radius 2 is 2.15 bits per heavy atom. The second-order valence-corrected chi connectivity index (χ2v) is 5.38. The summed E-state index contributed by atoms with van der Waals surface area (Å²) in [6.45, 7) is 1.57. The van der Waals surface area contributed by atoms with E-state index in [9.17, 15) is 9.59 Å². The third-order valence-electron chi connectivity index (χ3n) is 3.46. The quantitative estimate of drug-likeness (QED) is 0.874. The van der Waals surface area contributed by atoms with E-state index in [1.165, 1.54) is 0 Å². The van der Waals surface area contributed by atoms with Crippen molar-refractivity contribution in [2.45, 2.75) is 37.8 Å². The Bertz CT molecular complexity index is 528. The average molecular weight is 298 g/mol. The zero-order valence-corrected chi connectivity index (χ0v) is 11.8. The highest BCUT2D eigenvalue weighted by Crippen LogP contribution is 2.32. The van der Waals surface area contributed by atoms with E-state index in [1.807, 2.05) is 0 Å². The number of ether oxygens (including phenoxy) is 1. The Morgan fingerprint density at radius 1 is 1.45 bits per heavy atom. The van der Waals surface area contributed by atoms with Crippen LogP contribution in [-0.2, 0) is 9.59 Å². The van der Waals surface area contributed by atoms with Gasteiger partial charge in [0.15, 0.2) is 6.10 Å². The summed E-state index contributed by atoms with van der Waals surface area (Å²) in [5, 5.41) is 12.2. The zero-order valence-electron chi connectivity index (χ0n) is 11.1. The molecule has 6 heteroatoms. The fraction of sp³-hybridized carbons (Fsp3) is 0.429. The van der Waals surface area contributed by atoms with Crippen molar-refractivity contribution in [1.29, 1.82) is 0 Å². The molecule has 1 amide bonds. The lowest BCUT2D eigenvalue weighted by Gasteiger charge is -2.38. The van der Waals surface area contributed by atoms with E-state index >= 15 is 0 Å². The van der Waals surface area contributed by atoms with Gasteiger partial charge in [-0.1, -0.05) is 17.7 Å². The van der Waals surface area contributed by atoms with Gasteiger partial charge in [-0.2, -0.15) is 0 Å². The average Bonchev–Trinajstić information content (AvgIpc) is 2.32. The molecule has 1 aromatic carbocycles. The van der Waals surface area contributed by atoms with Crippen molar-refractivity contribution in [3.8, 4) is 5.75 Å². The molecule has 1 aliphatic carbocycles. The molecule has 0 bridgehead atoms. The van der Waals surface area contributed by atoms with Gasteiger partial charge >= 0.3 is 5.97 Å². The number of carboxylic acid groups (broad SMARTS) is 1. The lowest BCUT2D eigenvalue weighted by molar-refractivity contribution is -0.152. The van der Waals surface area contributed by atoms with Crippen LogP contribution in [0.5, 0.6) is 5.75 Å². The maximum atomic E-state index is 12.0. The molecular formula is C14H16ClNO4. The van der Waals surface area contributed by atoms with Crippen molar-refractivity contribution in [1.82, 2.24) is 5.32 Å². The SMILES string of the molecule is C[C@H](Oc1cccc(Cl)c1)C(=O)NC1(C(=O)O)CCC1. The van der Waals surface area contributed by atoms with Crippen LogP contribution in [0.4, 0.5) is 0 Å². The van der Waals surface area contributed by atoms with Gasteiger partial charge in [0.05, 0.1) is 0 Å². The highest BCUT2D eigenvalue weighted by molar-refractivity contribution is 6.30. The fourth-order valence-corrected chi connectivity index (χ4v) is 2.24. The van der Waals surface area contributed by atoms with Crippen molar-refractivity contribution in [2.24, 2.45) is 0 Å². The number of aliphatic carboxylic acids is 1. The molecule has 1 aliphatic rings. The second-order valence-electron chi connectivity index (χ2n) is 4.95. The van der Waals surface area contributed by atoms with Crippen LogP contribution in [0.2, 0.25) is 5.02 Å². The number of carbonyl (C=O) groups is 2. The summed E-state index contributed by atoms with van der Waals surface area (Å²) in [6.07, 6.45) is 0.928. The molecule has 0 aromatic heterocycles. The number of benzene rings is 1. The summed E-state index contributed by atoms with van der Waals surface area (Å²) in [6, 6.07) is 6.70. The molecular weight excluding hydrogens is 282 g/mol. The molecule has 1 saturated carbocycles.